The van der Waals surface area contributed by atoms with Crippen LogP contribution in [0.4, 0.5) is 0 Å². The molecule has 0 aliphatic carbocycles. The number of carbonyl (C=O) groups excluding carboxylic acids is 6. The highest BCUT2D eigenvalue weighted by molar-refractivity contribution is 5.90. The third kappa shape index (κ3) is 25.0. The Morgan fingerprint density at radius 1 is 0.469 bits per heavy atom. The summed E-state index contributed by atoms with van der Waals surface area (Å²) in [6.45, 7) is 34.4. The molecule has 0 rings (SSSR count). The molecule has 0 saturated heterocycles. The maximum absolute atomic E-state index is 11.8. The molecule has 49 heavy (non-hydrogen) atoms. The van der Waals surface area contributed by atoms with Crippen molar-refractivity contribution in [1.82, 2.24) is 20.4 Å². The van der Waals surface area contributed by atoms with E-state index >= 15 is 0 Å². The maximum Gasteiger partial charge on any atom is 0.248 e. The van der Waals surface area contributed by atoms with Crippen molar-refractivity contribution in [3.05, 3.63) is 0 Å². The van der Waals surface area contributed by atoms with Crippen molar-refractivity contribution in [2.45, 2.75) is 143 Å². The molecule has 0 radical (unpaired) electrons. The molecule has 0 heterocycles. The summed E-state index contributed by atoms with van der Waals surface area (Å²) in [6.07, 6.45) is 0. The van der Waals surface area contributed by atoms with Crippen LogP contribution in [-0.2, 0) is 33.5 Å². The van der Waals surface area contributed by atoms with Crippen molar-refractivity contribution < 1.29 is 33.5 Å². The number of Topliss-reactive ketones (excluding diaryl/α,β-unsaturated/α-hetero) is 3. The van der Waals surface area contributed by atoms with Crippen LogP contribution in [0.25, 0.3) is 0 Å². The van der Waals surface area contributed by atoms with Crippen molar-refractivity contribution in [2.24, 2.45) is 21.7 Å². The molecule has 290 valence electrons. The van der Waals surface area contributed by atoms with Crippen LogP contribution in [-0.4, -0.2) is 103 Å². The quantitative estimate of drug-likeness (QED) is 0.295. The van der Waals surface area contributed by atoms with Gasteiger partial charge in [-0.2, -0.15) is 0 Å². The van der Waals surface area contributed by atoms with E-state index < -0.39 is 10.8 Å². The normalized spacial score (nSPS) is 12.2. The zero-order valence-electron chi connectivity index (χ0n) is 34.3. The minimum Gasteiger partial charge on any atom is -0.364 e. The summed E-state index contributed by atoms with van der Waals surface area (Å²) < 4.78 is 5.16. The van der Waals surface area contributed by atoms with Gasteiger partial charge >= 0.3 is 0 Å². The van der Waals surface area contributed by atoms with Gasteiger partial charge in [0.05, 0.1) is 19.6 Å². The van der Waals surface area contributed by atoms with Crippen LogP contribution in [0, 0.1) is 21.7 Å². The number of ketones is 3. The molecular weight excluding hydrogens is 624 g/mol. The molecule has 0 aliphatic heterocycles. The summed E-state index contributed by atoms with van der Waals surface area (Å²) >= 11 is 0. The zero-order chi connectivity index (χ0) is 39.3. The van der Waals surface area contributed by atoms with Gasteiger partial charge in [-0.3, -0.25) is 28.8 Å². The lowest BCUT2D eigenvalue weighted by Crippen LogP contribution is -2.47. The Kier molecular flexibility index (Phi) is 22.6. The van der Waals surface area contributed by atoms with Crippen LogP contribution in [0.5, 0.6) is 0 Å². The number of hydrogen-bond acceptors (Lipinski definition) is 8. The van der Waals surface area contributed by atoms with Crippen molar-refractivity contribution in [3.8, 4) is 0 Å². The summed E-state index contributed by atoms with van der Waals surface area (Å²) in [5, 5.41) is 5.54. The predicted octanol–water partition coefficient (Wildman–Crippen LogP) is 5.72. The van der Waals surface area contributed by atoms with E-state index in [2.05, 4.69) is 10.6 Å². The lowest BCUT2D eigenvalue weighted by Gasteiger charge is -2.32. The first-order chi connectivity index (χ1) is 21.0. The van der Waals surface area contributed by atoms with Gasteiger partial charge in [0.25, 0.3) is 0 Å². The highest BCUT2D eigenvalue weighted by Gasteiger charge is 2.27. The second-order valence-electron chi connectivity index (χ2n) is 18.3. The highest BCUT2D eigenvalue weighted by Crippen LogP contribution is 2.17. The number of nitrogens with one attached hydrogen (secondary N) is 2. The van der Waals surface area contributed by atoms with Gasteiger partial charge in [0.1, 0.15) is 13.2 Å². The van der Waals surface area contributed by atoms with E-state index in [4.69, 9.17) is 4.74 Å². The van der Waals surface area contributed by atoms with Crippen molar-refractivity contribution in [1.29, 1.82) is 0 Å². The van der Waals surface area contributed by atoms with Gasteiger partial charge in [0, 0.05) is 46.8 Å². The molecule has 11 nitrogen and oxygen atoms in total. The van der Waals surface area contributed by atoms with Crippen molar-refractivity contribution >= 4 is 35.1 Å². The highest BCUT2D eigenvalue weighted by atomic mass is 16.5. The first-order valence-electron chi connectivity index (χ1n) is 16.7. The average Bonchev–Trinajstić information content (AvgIpc) is 2.87. The summed E-state index contributed by atoms with van der Waals surface area (Å²) in [7, 11) is 3.51. The Morgan fingerprint density at radius 2 is 0.816 bits per heavy atom. The number of ether oxygens (including phenoxy) is 1. The molecule has 0 aliphatic rings. The molecule has 11 heteroatoms. The lowest BCUT2D eigenvalue weighted by molar-refractivity contribution is -0.142. The Labute approximate surface area is 300 Å². The Bertz CT molecular complexity index is 986. The van der Waals surface area contributed by atoms with E-state index in [1.807, 2.05) is 125 Å². The van der Waals surface area contributed by atoms with Gasteiger partial charge in [-0.05, 0) is 41.5 Å². The largest absolute Gasteiger partial charge is 0.364 e. The topological polar surface area (TPSA) is 142 Å². The first-order valence-corrected chi connectivity index (χ1v) is 16.7. The standard InChI is InChI=1S/C13H26N2O2.C13H25NO3.C11H21NO2.CH4/c1-12(2,3)10(16)8-14-9-11(17)15(7)13(4,5)6;1-12(2,3)10(15)8-17-9-11(16)14(7)13(4,5)6;1-10(2,3)8(13)7-12-9(14)11(4,5)6;/h14H,8-9H2,1-7H3;8-9H2,1-7H3;7H2,1-6H3,(H,12,14);1H4. The maximum atomic E-state index is 11.8. The molecule has 0 aromatic heterocycles. The van der Waals surface area contributed by atoms with E-state index in [1.54, 1.807) is 23.9 Å². The van der Waals surface area contributed by atoms with Crippen LogP contribution in [0.3, 0.4) is 0 Å². The predicted molar refractivity (Wildman–Crippen MR) is 201 cm³/mol. The van der Waals surface area contributed by atoms with Gasteiger partial charge in [0.2, 0.25) is 17.7 Å². The van der Waals surface area contributed by atoms with Crippen molar-refractivity contribution in [3.63, 3.8) is 0 Å². The van der Waals surface area contributed by atoms with E-state index in [1.165, 1.54) is 0 Å². The fourth-order valence-electron chi connectivity index (χ4n) is 2.65. The number of carbonyl (C=O) groups is 6. The van der Waals surface area contributed by atoms with Gasteiger partial charge in [-0.25, -0.2) is 0 Å². The molecule has 0 fully saturated rings. The third-order valence-corrected chi connectivity index (χ3v) is 7.38. The van der Waals surface area contributed by atoms with E-state index in [9.17, 15) is 28.8 Å². The second-order valence-corrected chi connectivity index (χ2v) is 18.3. The van der Waals surface area contributed by atoms with Crippen molar-refractivity contribution in [2.75, 3.05) is 46.9 Å². The zero-order valence-corrected chi connectivity index (χ0v) is 34.3. The molecule has 0 unspecified atom stereocenters. The van der Waals surface area contributed by atoms with E-state index in [-0.39, 0.29) is 97.3 Å². The molecule has 0 saturated carbocycles. The number of amides is 3. The summed E-state index contributed by atoms with van der Waals surface area (Å²) in [5.74, 6) is -0.0314. The summed E-state index contributed by atoms with van der Waals surface area (Å²) in [4.78, 5) is 72.9. The Hall–Kier alpha value is -2.66. The first kappa shape index (κ1) is 53.1. The van der Waals surface area contributed by atoms with Crippen LogP contribution in [0.2, 0.25) is 0 Å². The molecule has 0 aromatic carbocycles. The third-order valence-electron chi connectivity index (χ3n) is 7.38. The van der Waals surface area contributed by atoms with Gasteiger partial charge < -0.3 is 25.2 Å². The summed E-state index contributed by atoms with van der Waals surface area (Å²) in [5.41, 5.74) is -2.00. The number of nitrogens with zero attached hydrogens (tertiary/aromatic N) is 2. The molecule has 0 bridgehead atoms. The van der Waals surface area contributed by atoms with E-state index in [0.29, 0.717) is 0 Å². The number of likely N-dealkylation sites (N-methyl/N-ethyl adjacent to an activating group) is 2. The van der Waals surface area contributed by atoms with Crippen LogP contribution < -0.4 is 10.6 Å². The minimum atomic E-state index is -0.432. The molecular formula is C38H76N4O7. The monoisotopic (exact) mass is 701 g/mol. The van der Waals surface area contributed by atoms with Gasteiger partial charge in [-0.1, -0.05) is 90.5 Å². The minimum absolute atomic E-state index is 0. The molecule has 2 N–H and O–H groups in total. The van der Waals surface area contributed by atoms with E-state index in [0.717, 1.165) is 0 Å². The second kappa shape index (κ2) is 20.9. The Balaban J connectivity index is -0.000000309. The number of hydrogen-bond donors (Lipinski definition) is 2. The fraction of sp³-hybridized carbons (Fsp3) is 0.842. The smallest absolute Gasteiger partial charge is 0.248 e. The van der Waals surface area contributed by atoms with Crippen LogP contribution >= 0.6 is 0 Å². The Morgan fingerprint density at radius 3 is 1.14 bits per heavy atom. The van der Waals surface area contributed by atoms with Crippen LogP contribution in [0.1, 0.15) is 132 Å². The average molecular weight is 701 g/mol. The van der Waals surface area contributed by atoms with Gasteiger partial charge in [0.15, 0.2) is 17.3 Å². The molecule has 3 amide bonds. The van der Waals surface area contributed by atoms with Crippen LogP contribution in [0.15, 0.2) is 0 Å². The molecule has 0 aromatic rings. The molecule has 0 atom stereocenters. The lowest BCUT2D eigenvalue weighted by atomic mass is 9.90. The SMILES string of the molecule is C.CC(C)(C)C(=O)CNC(=O)C(C)(C)C.CN(C(=O)CNCC(=O)C(C)(C)C)C(C)(C)C.CN(C(=O)COCC(=O)C(C)(C)C)C(C)(C)C. The molecule has 0 spiro atoms. The van der Waals surface area contributed by atoms with Gasteiger partial charge in [-0.15, -0.1) is 0 Å². The summed E-state index contributed by atoms with van der Waals surface area (Å²) in [6, 6.07) is 0. The number of rotatable bonds is 10. The fourth-order valence-corrected chi connectivity index (χ4v) is 2.65.